The third kappa shape index (κ3) is 6.10. The largest absolute Gasteiger partial charge is 0.487 e. The van der Waals surface area contributed by atoms with Gasteiger partial charge >= 0.3 is 0 Å². The van der Waals surface area contributed by atoms with Gasteiger partial charge in [-0.05, 0) is 36.4 Å². The van der Waals surface area contributed by atoms with Gasteiger partial charge in [-0.1, -0.05) is 31.9 Å². The number of fused-ring (bicyclic) bond motifs is 1. The smallest absolute Gasteiger partial charge is 0.298 e. The van der Waals surface area contributed by atoms with Crippen LogP contribution in [0.3, 0.4) is 0 Å². The molecule has 2 atom stereocenters. The minimum Gasteiger partial charge on any atom is -0.487 e. The Hall–Kier alpha value is -1.81. The van der Waals surface area contributed by atoms with E-state index in [4.69, 9.17) is 28.8 Å². The van der Waals surface area contributed by atoms with Crippen LogP contribution in [0.25, 0.3) is 0 Å². The maximum atomic E-state index is 10.3. The molecule has 9 heteroatoms. The molecular weight excluding hydrogens is 500 g/mol. The summed E-state index contributed by atoms with van der Waals surface area (Å²) >= 11 is 6.62. The zero-order chi connectivity index (χ0) is 19.9. The van der Waals surface area contributed by atoms with Gasteiger partial charge in [-0.3, -0.25) is 4.79 Å². The molecule has 0 aliphatic carbocycles. The van der Waals surface area contributed by atoms with E-state index < -0.39 is 0 Å². The van der Waals surface area contributed by atoms with E-state index in [2.05, 4.69) is 31.9 Å². The molecule has 2 aromatic rings. The van der Waals surface area contributed by atoms with Gasteiger partial charge < -0.3 is 28.8 Å². The van der Waals surface area contributed by atoms with Gasteiger partial charge in [0.2, 0.25) is 0 Å². The summed E-state index contributed by atoms with van der Waals surface area (Å²) in [5, 5.41) is 8.87. The van der Waals surface area contributed by atoms with Crippen molar-refractivity contribution in [2.45, 2.75) is 12.2 Å². The standard InChI is InChI=1S/C10H9BrO4.C9H9BrO3/c11-7-1-2-9(10(3-7)15-6-12)14-5-8-4-13-8;10-6-1-2-8-9(3-6)13-7(4-11)5-12-8/h1-3,6,8H,4-5H2;1-3,7,11H,4-5H2/t8-;7-/m01/s1. The van der Waals surface area contributed by atoms with E-state index in [0.29, 0.717) is 36.9 Å². The van der Waals surface area contributed by atoms with Crippen LogP contribution in [0, 0.1) is 0 Å². The highest BCUT2D eigenvalue weighted by atomic mass is 79.9. The second-order valence-electron chi connectivity index (χ2n) is 5.90. The molecule has 0 spiro atoms. The Kier molecular flexibility index (Phi) is 7.55. The van der Waals surface area contributed by atoms with E-state index in [1.54, 1.807) is 12.1 Å². The normalized spacial score (nSPS) is 19.1. The third-order valence-electron chi connectivity index (χ3n) is 3.74. The Morgan fingerprint density at radius 2 is 1.79 bits per heavy atom. The molecule has 4 rings (SSSR count). The van der Waals surface area contributed by atoms with E-state index in [1.165, 1.54) is 0 Å². The van der Waals surface area contributed by atoms with Gasteiger partial charge in [-0.25, -0.2) is 0 Å². The quantitative estimate of drug-likeness (QED) is 0.464. The van der Waals surface area contributed by atoms with Crippen LogP contribution in [0.15, 0.2) is 45.3 Å². The van der Waals surface area contributed by atoms with E-state index in [9.17, 15) is 4.79 Å². The molecule has 0 radical (unpaired) electrons. The van der Waals surface area contributed by atoms with Crippen LogP contribution in [0.2, 0.25) is 0 Å². The Labute approximate surface area is 178 Å². The van der Waals surface area contributed by atoms with Gasteiger partial charge in [0.05, 0.1) is 13.2 Å². The molecule has 0 aromatic heterocycles. The lowest BCUT2D eigenvalue weighted by Crippen LogP contribution is -2.32. The molecule has 2 heterocycles. The molecule has 0 amide bonds. The summed E-state index contributed by atoms with van der Waals surface area (Å²) < 4.78 is 27.8. The number of epoxide rings is 1. The van der Waals surface area contributed by atoms with Crippen LogP contribution in [-0.4, -0.2) is 50.2 Å². The number of aliphatic hydroxyl groups is 1. The van der Waals surface area contributed by atoms with Crippen molar-refractivity contribution in [2.24, 2.45) is 0 Å². The zero-order valence-electron chi connectivity index (χ0n) is 14.7. The summed E-state index contributed by atoms with van der Waals surface area (Å²) in [7, 11) is 0. The first-order chi connectivity index (χ1) is 13.6. The second kappa shape index (κ2) is 10.1. The Balaban J connectivity index is 0.000000162. The molecule has 7 nitrogen and oxygen atoms in total. The molecule has 2 aromatic carbocycles. The molecule has 1 fully saturated rings. The van der Waals surface area contributed by atoms with Crippen molar-refractivity contribution in [1.29, 1.82) is 0 Å². The molecule has 150 valence electrons. The Bertz CT molecular complexity index is 811. The van der Waals surface area contributed by atoms with Crippen LogP contribution in [0.4, 0.5) is 0 Å². The summed E-state index contributed by atoms with van der Waals surface area (Å²) in [5.74, 6) is 2.36. The molecule has 2 aliphatic rings. The fourth-order valence-electron chi connectivity index (χ4n) is 2.27. The summed E-state index contributed by atoms with van der Waals surface area (Å²) in [5.41, 5.74) is 0. The molecular formula is C19H18Br2O7. The van der Waals surface area contributed by atoms with Gasteiger partial charge in [0, 0.05) is 8.95 Å². The van der Waals surface area contributed by atoms with E-state index >= 15 is 0 Å². The van der Waals surface area contributed by atoms with Crippen LogP contribution in [0.5, 0.6) is 23.0 Å². The number of halogens is 2. The zero-order valence-corrected chi connectivity index (χ0v) is 17.8. The van der Waals surface area contributed by atoms with E-state index in [0.717, 1.165) is 21.3 Å². The first-order valence-corrected chi connectivity index (χ1v) is 10.0. The Morgan fingerprint density at radius 1 is 1.04 bits per heavy atom. The number of benzene rings is 2. The average molecular weight is 518 g/mol. The first kappa shape index (κ1) is 20.9. The SMILES string of the molecule is O=COc1cc(Br)ccc1OC[C@@H]1CO1.OC[C@@H]1COc2ccc(Br)cc2O1. The number of hydrogen-bond donors (Lipinski definition) is 1. The summed E-state index contributed by atoms with van der Waals surface area (Å²) in [6.45, 7) is 1.98. The monoisotopic (exact) mass is 516 g/mol. The first-order valence-electron chi connectivity index (χ1n) is 8.43. The summed E-state index contributed by atoms with van der Waals surface area (Å²) in [6, 6.07) is 10.8. The van der Waals surface area contributed by atoms with Gasteiger partial charge in [-0.15, -0.1) is 0 Å². The number of carbonyl (C=O) groups is 1. The maximum absolute atomic E-state index is 10.3. The van der Waals surface area contributed by atoms with Gasteiger partial charge in [0.25, 0.3) is 6.47 Å². The van der Waals surface area contributed by atoms with Crippen LogP contribution in [-0.2, 0) is 9.53 Å². The molecule has 1 saturated heterocycles. The lowest BCUT2D eigenvalue weighted by molar-refractivity contribution is -0.120. The average Bonchev–Trinajstić information content (AvgIpc) is 3.52. The third-order valence-corrected chi connectivity index (χ3v) is 4.72. The fourth-order valence-corrected chi connectivity index (χ4v) is 2.95. The van der Waals surface area contributed by atoms with E-state index in [-0.39, 0.29) is 18.8 Å². The molecule has 0 saturated carbocycles. The lowest BCUT2D eigenvalue weighted by Gasteiger charge is -2.25. The fraction of sp³-hybridized carbons (Fsp3) is 0.316. The number of aliphatic hydroxyl groups excluding tert-OH is 1. The highest BCUT2D eigenvalue weighted by Crippen LogP contribution is 2.34. The van der Waals surface area contributed by atoms with Crippen molar-refractivity contribution in [1.82, 2.24) is 0 Å². The second-order valence-corrected chi connectivity index (χ2v) is 7.73. The molecule has 28 heavy (non-hydrogen) atoms. The molecule has 0 bridgehead atoms. The number of rotatable bonds is 6. The van der Waals surface area contributed by atoms with E-state index in [1.807, 2.05) is 24.3 Å². The number of carbonyl (C=O) groups excluding carboxylic acids is 1. The van der Waals surface area contributed by atoms with Gasteiger partial charge in [0.1, 0.15) is 19.3 Å². The highest BCUT2D eigenvalue weighted by Gasteiger charge is 2.23. The van der Waals surface area contributed by atoms with Crippen molar-refractivity contribution in [3.8, 4) is 23.0 Å². The minimum atomic E-state index is -0.248. The predicted octanol–water partition coefficient (Wildman–Crippen LogP) is 3.34. The summed E-state index contributed by atoms with van der Waals surface area (Å²) in [4.78, 5) is 10.3. The number of ether oxygens (including phenoxy) is 5. The van der Waals surface area contributed by atoms with Gasteiger partial charge in [0.15, 0.2) is 29.1 Å². The summed E-state index contributed by atoms with van der Waals surface area (Å²) in [6.07, 6.45) is -0.0699. The van der Waals surface area contributed by atoms with Gasteiger partial charge in [-0.2, -0.15) is 0 Å². The Morgan fingerprint density at radius 3 is 2.50 bits per heavy atom. The lowest BCUT2D eigenvalue weighted by atomic mass is 10.3. The molecule has 1 N–H and O–H groups in total. The maximum Gasteiger partial charge on any atom is 0.298 e. The van der Waals surface area contributed by atoms with Crippen LogP contribution in [0.1, 0.15) is 0 Å². The molecule has 0 unspecified atom stereocenters. The topological polar surface area (TPSA) is 86.8 Å². The van der Waals surface area contributed by atoms with Crippen molar-refractivity contribution in [3.05, 3.63) is 45.3 Å². The highest BCUT2D eigenvalue weighted by molar-refractivity contribution is 9.10. The van der Waals surface area contributed by atoms with Crippen LogP contribution < -0.4 is 18.9 Å². The van der Waals surface area contributed by atoms with Crippen LogP contribution >= 0.6 is 31.9 Å². The van der Waals surface area contributed by atoms with Crippen molar-refractivity contribution in [3.63, 3.8) is 0 Å². The van der Waals surface area contributed by atoms with Crippen molar-refractivity contribution in [2.75, 3.05) is 26.4 Å². The minimum absolute atomic E-state index is 0.0219. The van der Waals surface area contributed by atoms with Crippen molar-refractivity contribution >= 4 is 38.3 Å². The predicted molar refractivity (Wildman–Crippen MR) is 107 cm³/mol. The molecule has 2 aliphatic heterocycles. The van der Waals surface area contributed by atoms with Crippen molar-refractivity contribution < 1.29 is 33.6 Å². The number of hydrogen-bond acceptors (Lipinski definition) is 7.